The van der Waals surface area contributed by atoms with Crippen LogP contribution in [-0.4, -0.2) is 15.5 Å². The SMILES string of the molecule is O=C(Cn1cnc2ccccc2c1=O)NCc1ccccc1COCc1ccccc1. The van der Waals surface area contributed by atoms with Crippen molar-refractivity contribution in [3.8, 4) is 0 Å². The molecule has 1 aromatic heterocycles. The molecule has 31 heavy (non-hydrogen) atoms. The number of amides is 1. The van der Waals surface area contributed by atoms with Gasteiger partial charge in [-0.1, -0.05) is 66.7 Å². The van der Waals surface area contributed by atoms with E-state index in [1.807, 2.05) is 60.7 Å². The van der Waals surface area contributed by atoms with Crippen molar-refractivity contribution < 1.29 is 9.53 Å². The van der Waals surface area contributed by atoms with E-state index in [0.717, 1.165) is 16.7 Å². The average molecular weight is 413 g/mol. The third-order valence-electron chi connectivity index (χ3n) is 5.01. The number of hydrogen-bond donors (Lipinski definition) is 1. The maximum absolute atomic E-state index is 12.6. The van der Waals surface area contributed by atoms with Crippen molar-refractivity contribution in [1.29, 1.82) is 0 Å². The summed E-state index contributed by atoms with van der Waals surface area (Å²) >= 11 is 0. The second kappa shape index (κ2) is 9.82. The van der Waals surface area contributed by atoms with Gasteiger partial charge in [0.1, 0.15) is 6.54 Å². The zero-order valence-electron chi connectivity index (χ0n) is 17.0. The zero-order valence-corrected chi connectivity index (χ0v) is 17.0. The fraction of sp³-hybridized carbons (Fsp3) is 0.160. The number of rotatable bonds is 8. The first kappa shape index (κ1) is 20.5. The fourth-order valence-electron chi connectivity index (χ4n) is 3.35. The number of hydrogen-bond acceptors (Lipinski definition) is 4. The monoisotopic (exact) mass is 413 g/mol. The number of fused-ring (bicyclic) bond motifs is 1. The standard InChI is InChI=1S/C25H23N3O3/c29-24(15-28-18-27-23-13-7-6-12-22(23)25(28)30)26-14-20-10-4-5-11-21(20)17-31-16-19-8-2-1-3-9-19/h1-13,18H,14-17H2,(H,26,29). The van der Waals surface area contributed by atoms with Crippen LogP contribution in [0.5, 0.6) is 0 Å². The Bertz CT molecular complexity index is 1240. The Morgan fingerprint density at radius 3 is 2.42 bits per heavy atom. The number of carbonyl (C=O) groups excluding carboxylic acids is 1. The molecular formula is C25H23N3O3. The lowest BCUT2D eigenvalue weighted by molar-refractivity contribution is -0.121. The molecular weight excluding hydrogens is 390 g/mol. The number of ether oxygens (including phenoxy) is 1. The largest absolute Gasteiger partial charge is 0.372 e. The van der Waals surface area contributed by atoms with E-state index in [1.165, 1.54) is 10.9 Å². The third-order valence-corrected chi connectivity index (χ3v) is 5.01. The highest BCUT2D eigenvalue weighted by Crippen LogP contribution is 2.12. The number of nitrogens with one attached hydrogen (secondary N) is 1. The molecule has 1 heterocycles. The molecule has 0 unspecified atom stereocenters. The van der Waals surface area contributed by atoms with E-state index in [9.17, 15) is 9.59 Å². The van der Waals surface area contributed by atoms with Crippen LogP contribution in [0.25, 0.3) is 10.9 Å². The number of benzene rings is 3. The van der Waals surface area contributed by atoms with Crippen molar-refractivity contribution in [2.45, 2.75) is 26.3 Å². The normalized spacial score (nSPS) is 10.8. The molecule has 0 atom stereocenters. The summed E-state index contributed by atoms with van der Waals surface area (Å²) in [6.07, 6.45) is 1.41. The first-order valence-corrected chi connectivity index (χ1v) is 10.1. The molecule has 6 nitrogen and oxygen atoms in total. The summed E-state index contributed by atoms with van der Waals surface area (Å²) in [5, 5.41) is 3.39. The van der Waals surface area contributed by atoms with E-state index in [-0.39, 0.29) is 18.0 Å². The van der Waals surface area contributed by atoms with E-state index in [2.05, 4.69) is 10.3 Å². The second-order valence-corrected chi connectivity index (χ2v) is 7.22. The maximum Gasteiger partial charge on any atom is 0.261 e. The van der Waals surface area contributed by atoms with Crippen molar-refractivity contribution in [3.63, 3.8) is 0 Å². The summed E-state index contributed by atoms with van der Waals surface area (Å²) in [5.74, 6) is -0.251. The molecule has 0 aliphatic heterocycles. The van der Waals surface area contributed by atoms with Gasteiger partial charge in [0.25, 0.3) is 5.56 Å². The first-order chi connectivity index (χ1) is 15.2. The molecule has 0 aliphatic rings. The minimum atomic E-state index is -0.251. The van der Waals surface area contributed by atoms with Crippen LogP contribution >= 0.6 is 0 Å². The molecule has 0 saturated carbocycles. The number of carbonyl (C=O) groups is 1. The Morgan fingerprint density at radius 2 is 1.58 bits per heavy atom. The lowest BCUT2D eigenvalue weighted by Gasteiger charge is -2.12. The van der Waals surface area contributed by atoms with Crippen molar-refractivity contribution in [2.75, 3.05) is 0 Å². The molecule has 0 fully saturated rings. The highest BCUT2D eigenvalue weighted by molar-refractivity contribution is 5.78. The molecule has 4 aromatic rings. The predicted octanol–water partition coefficient (Wildman–Crippen LogP) is 3.43. The summed E-state index contributed by atoms with van der Waals surface area (Å²) in [4.78, 5) is 29.3. The Labute approximate surface area is 180 Å². The highest BCUT2D eigenvalue weighted by Gasteiger charge is 2.09. The van der Waals surface area contributed by atoms with Crippen LogP contribution in [0.2, 0.25) is 0 Å². The van der Waals surface area contributed by atoms with Gasteiger partial charge in [-0.05, 0) is 28.8 Å². The second-order valence-electron chi connectivity index (χ2n) is 7.22. The van der Waals surface area contributed by atoms with Crippen molar-refractivity contribution >= 4 is 16.8 Å². The zero-order chi connectivity index (χ0) is 21.5. The third kappa shape index (κ3) is 5.24. The van der Waals surface area contributed by atoms with Crippen LogP contribution in [0.4, 0.5) is 0 Å². The maximum atomic E-state index is 12.6. The Kier molecular flexibility index (Phi) is 6.50. The predicted molar refractivity (Wildman–Crippen MR) is 119 cm³/mol. The molecule has 3 aromatic carbocycles. The Morgan fingerprint density at radius 1 is 0.871 bits per heavy atom. The van der Waals surface area contributed by atoms with Crippen LogP contribution in [0.15, 0.2) is 90.0 Å². The van der Waals surface area contributed by atoms with E-state index in [1.54, 1.807) is 18.2 Å². The van der Waals surface area contributed by atoms with Crippen LogP contribution in [0.3, 0.4) is 0 Å². The minimum Gasteiger partial charge on any atom is -0.372 e. The molecule has 0 saturated heterocycles. The first-order valence-electron chi connectivity index (χ1n) is 10.1. The molecule has 1 amide bonds. The molecule has 1 N–H and O–H groups in total. The van der Waals surface area contributed by atoms with Crippen molar-refractivity contribution in [3.05, 3.63) is 112 Å². The van der Waals surface area contributed by atoms with Gasteiger partial charge in [-0.2, -0.15) is 0 Å². The van der Waals surface area contributed by atoms with E-state index in [0.29, 0.717) is 30.7 Å². The van der Waals surface area contributed by atoms with Crippen molar-refractivity contribution in [2.24, 2.45) is 0 Å². The van der Waals surface area contributed by atoms with Gasteiger partial charge in [-0.15, -0.1) is 0 Å². The average Bonchev–Trinajstić information content (AvgIpc) is 2.81. The van der Waals surface area contributed by atoms with Gasteiger partial charge in [0.15, 0.2) is 0 Å². The van der Waals surface area contributed by atoms with Gasteiger partial charge < -0.3 is 10.1 Å². The Hall–Kier alpha value is -3.77. The van der Waals surface area contributed by atoms with Crippen LogP contribution < -0.4 is 10.9 Å². The number of para-hydroxylation sites is 1. The van der Waals surface area contributed by atoms with Gasteiger partial charge in [-0.25, -0.2) is 4.98 Å². The molecule has 0 spiro atoms. The van der Waals surface area contributed by atoms with Crippen molar-refractivity contribution in [1.82, 2.24) is 14.9 Å². The minimum absolute atomic E-state index is 0.0800. The van der Waals surface area contributed by atoms with Crippen LogP contribution in [0, 0.1) is 0 Å². The molecule has 0 aliphatic carbocycles. The summed E-state index contributed by atoms with van der Waals surface area (Å²) in [6.45, 7) is 1.26. The topological polar surface area (TPSA) is 73.2 Å². The summed E-state index contributed by atoms with van der Waals surface area (Å²) in [7, 11) is 0. The smallest absolute Gasteiger partial charge is 0.261 e. The lowest BCUT2D eigenvalue weighted by Crippen LogP contribution is -2.32. The molecule has 4 rings (SSSR count). The van der Waals surface area contributed by atoms with Gasteiger partial charge in [-0.3, -0.25) is 14.2 Å². The van der Waals surface area contributed by atoms with Crippen LogP contribution in [0.1, 0.15) is 16.7 Å². The van der Waals surface area contributed by atoms with Gasteiger partial charge in [0.2, 0.25) is 5.91 Å². The quantitative estimate of drug-likeness (QED) is 0.480. The van der Waals surface area contributed by atoms with Gasteiger partial charge >= 0.3 is 0 Å². The molecule has 0 bridgehead atoms. The number of aromatic nitrogens is 2. The molecule has 0 radical (unpaired) electrons. The van der Waals surface area contributed by atoms with Gasteiger partial charge in [0.05, 0.1) is 30.4 Å². The van der Waals surface area contributed by atoms with Crippen LogP contribution in [-0.2, 0) is 35.8 Å². The van der Waals surface area contributed by atoms with Gasteiger partial charge in [0, 0.05) is 6.54 Å². The lowest BCUT2D eigenvalue weighted by atomic mass is 10.1. The highest BCUT2D eigenvalue weighted by atomic mass is 16.5. The molecule has 6 heteroatoms. The van der Waals surface area contributed by atoms with E-state index < -0.39 is 0 Å². The van der Waals surface area contributed by atoms with E-state index >= 15 is 0 Å². The summed E-state index contributed by atoms with van der Waals surface area (Å²) < 4.78 is 7.17. The molecule has 156 valence electrons. The Balaban J connectivity index is 1.35. The number of nitrogens with zero attached hydrogens (tertiary/aromatic N) is 2. The summed E-state index contributed by atoms with van der Waals surface area (Å²) in [5.41, 5.74) is 3.50. The summed E-state index contributed by atoms with van der Waals surface area (Å²) in [6, 6.07) is 24.9. The fourth-order valence-corrected chi connectivity index (χ4v) is 3.35. The van der Waals surface area contributed by atoms with E-state index in [4.69, 9.17) is 4.74 Å².